The molecule has 0 saturated carbocycles. The molecule has 7 aliphatic carbocycles. The second kappa shape index (κ2) is 18.3. The Balaban J connectivity index is 0.951. The Morgan fingerprint density at radius 3 is 2.19 bits per heavy atom. The number of fused-ring (bicyclic) bond motifs is 17. The molecule has 0 amide bonds. The maximum atomic E-state index is 4.15. The Morgan fingerprint density at radius 1 is 0.654 bits per heavy atom. The number of aromatic nitrogens is 2. The van der Waals surface area contributed by atoms with E-state index in [1.165, 1.54) is 143 Å². The first-order chi connectivity index (χ1) is 38.7. The molecule has 4 nitrogen and oxygen atoms in total. The zero-order valence-corrected chi connectivity index (χ0v) is 44.6. The Labute approximate surface area is 459 Å². The minimum Gasteiger partial charge on any atom is -0.368 e. The van der Waals surface area contributed by atoms with Gasteiger partial charge in [-0.2, -0.15) is 0 Å². The number of aryl methyl sites for hydroxylation is 1. The Hall–Kier alpha value is -8.08. The second-order valence-corrected chi connectivity index (χ2v) is 23.5. The molecule has 1 spiro atoms. The second-order valence-electron chi connectivity index (χ2n) is 23.5. The number of benzene rings is 6. The molecule has 78 heavy (non-hydrogen) atoms. The van der Waals surface area contributed by atoms with E-state index in [2.05, 4.69) is 226 Å². The van der Waals surface area contributed by atoms with Gasteiger partial charge in [0, 0.05) is 80.6 Å². The summed E-state index contributed by atoms with van der Waals surface area (Å²) in [5, 5.41) is 8.10. The highest BCUT2D eigenvalue weighted by Crippen LogP contribution is 2.67. The van der Waals surface area contributed by atoms with Gasteiger partial charge >= 0.3 is 0 Å². The van der Waals surface area contributed by atoms with Crippen molar-refractivity contribution < 1.29 is 0 Å². The summed E-state index contributed by atoms with van der Waals surface area (Å²) in [6.07, 6.45) is 43.6. The van der Waals surface area contributed by atoms with Gasteiger partial charge in [-0.05, 0) is 193 Å². The zero-order valence-electron chi connectivity index (χ0n) is 44.6. The third-order valence-electron chi connectivity index (χ3n) is 19.5. The molecule has 0 bridgehead atoms. The number of nitrogens with one attached hydrogen (secondary N) is 1. The lowest BCUT2D eigenvalue weighted by molar-refractivity contribution is 0.417. The lowest BCUT2D eigenvalue weighted by atomic mass is 9.68. The first kappa shape index (κ1) is 46.1. The van der Waals surface area contributed by atoms with Crippen LogP contribution in [0.25, 0.3) is 61.3 Å². The summed E-state index contributed by atoms with van der Waals surface area (Å²) in [6.45, 7) is 5.06. The van der Waals surface area contributed by atoms with Crippen molar-refractivity contribution in [3.63, 3.8) is 0 Å². The van der Waals surface area contributed by atoms with Crippen LogP contribution in [0.3, 0.4) is 0 Å². The number of para-hydroxylation sites is 3. The number of hydrogen-bond donors (Lipinski definition) is 1. The van der Waals surface area contributed by atoms with E-state index >= 15 is 0 Å². The molecule has 2 aromatic heterocycles. The van der Waals surface area contributed by atoms with Crippen LogP contribution in [-0.2, 0) is 11.8 Å². The zero-order chi connectivity index (χ0) is 51.5. The van der Waals surface area contributed by atoms with E-state index in [9.17, 15) is 0 Å². The molecule has 1 N–H and O–H groups in total. The molecule has 5 unspecified atom stereocenters. The van der Waals surface area contributed by atoms with Gasteiger partial charge in [0.1, 0.15) is 0 Å². The molecule has 16 rings (SSSR count). The quantitative estimate of drug-likeness (QED) is 0.115. The van der Waals surface area contributed by atoms with Crippen LogP contribution in [0, 0.1) is 17.8 Å². The fraction of sp³-hybridized carbons (Fsp3) is 0.243. The standard InChI is InChI=1S/C74H66N4/c1-2-3-5-22-49-47-76(69-30-15-9-24-55(49)69)51-36-40-57-59-42-38-53(78-72-33-18-12-27-62(72)63-28-13-19-34-73(63)78)46-67(59)74(65(57)44-51)64-43-50(75-68-29-14-8-23-54(68)48-20-6-4-7-21-48)35-39-56(64)58-41-37-52(45-66(58)74)77-70-31-16-10-25-60(70)61-26-11-17-32-71(61)77/h2-3,5-6,9-10,12-13,16-20,23-25,27-29,31-40,42-46,48-49,55,58,69,75H,1,4,7-8,11,14-15,21-22,26,30,41,47H2/b5-3-/t48?,49?,55?,58?,69-,74?/m1/s1. The maximum Gasteiger partial charge on any atom is 0.0688 e. The third-order valence-corrected chi connectivity index (χ3v) is 19.5. The molecule has 8 aliphatic rings. The monoisotopic (exact) mass is 1010 g/mol. The van der Waals surface area contributed by atoms with E-state index in [1.54, 1.807) is 0 Å². The van der Waals surface area contributed by atoms with E-state index in [0.717, 1.165) is 51.5 Å². The van der Waals surface area contributed by atoms with Gasteiger partial charge in [-0.25, -0.2) is 0 Å². The number of rotatable bonds is 9. The van der Waals surface area contributed by atoms with Crippen LogP contribution in [0.5, 0.6) is 0 Å². The van der Waals surface area contributed by atoms with Crippen LogP contribution in [-0.4, -0.2) is 21.7 Å². The summed E-state index contributed by atoms with van der Waals surface area (Å²) >= 11 is 0. The van der Waals surface area contributed by atoms with Crippen molar-refractivity contribution in [1.82, 2.24) is 9.13 Å². The summed E-state index contributed by atoms with van der Waals surface area (Å²) in [6, 6.07) is 50.4. The maximum absolute atomic E-state index is 4.15. The minimum atomic E-state index is -0.588. The normalized spacial score (nSPS) is 24.5. The molecule has 1 saturated heterocycles. The van der Waals surface area contributed by atoms with Crippen molar-refractivity contribution in [2.24, 2.45) is 17.8 Å². The highest BCUT2D eigenvalue weighted by atomic mass is 15.2. The minimum absolute atomic E-state index is 0.197. The molecule has 0 radical (unpaired) electrons. The van der Waals surface area contributed by atoms with Gasteiger partial charge in [0.2, 0.25) is 0 Å². The largest absolute Gasteiger partial charge is 0.368 e. The Kier molecular flexibility index (Phi) is 10.8. The van der Waals surface area contributed by atoms with E-state index in [0.29, 0.717) is 23.8 Å². The van der Waals surface area contributed by atoms with Gasteiger partial charge < -0.3 is 19.4 Å². The topological polar surface area (TPSA) is 25.1 Å². The lowest BCUT2D eigenvalue weighted by Gasteiger charge is -2.36. The first-order valence-electron chi connectivity index (χ1n) is 29.3. The van der Waals surface area contributed by atoms with Gasteiger partial charge in [-0.3, -0.25) is 0 Å². The van der Waals surface area contributed by atoms with Gasteiger partial charge in [0.05, 0.1) is 22.0 Å². The smallest absolute Gasteiger partial charge is 0.0688 e. The summed E-state index contributed by atoms with van der Waals surface area (Å²) in [7, 11) is 0. The molecule has 3 heterocycles. The van der Waals surface area contributed by atoms with Crippen LogP contribution >= 0.6 is 0 Å². The fourth-order valence-electron chi connectivity index (χ4n) is 16.3. The highest BCUT2D eigenvalue weighted by molar-refractivity contribution is 6.09. The predicted molar refractivity (Wildman–Crippen MR) is 327 cm³/mol. The highest BCUT2D eigenvalue weighted by Gasteiger charge is 2.56. The average molecular weight is 1010 g/mol. The molecular weight excluding hydrogens is 945 g/mol. The number of anilines is 2. The van der Waals surface area contributed by atoms with Crippen molar-refractivity contribution in [3.8, 4) is 16.8 Å². The molecule has 1 fully saturated rings. The van der Waals surface area contributed by atoms with E-state index in [1.807, 2.05) is 6.08 Å². The molecule has 382 valence electrons. The first-order valence-corrected chi connectivity index (χ1v) is 29.3. The van der Waals surface area contributed by atoms with Crippen molar-refractivity contribution in [2.45, 2.75) is 88.0 Å². The van der Waals surface area contributed by atoms with Crippen molar-refractivity contribution in [1.29, 1.82) is 0 Å². The lowest BCUT2D eigenvalue weighted by Crippen LogP contribution is -2.34. The Bertz CT molecular complexity index is 4040. The average Bonchev–Trinajstić information content (AvgIpc) is 4.46. The van der Waals surface area contributed by atoms with Crippen LogP contribution in [0.15, 0.2) is 224 Å². The Morgan fingerprint density at radius 2 is 1.40 bits per heavy atom. The summed E-state index contributed by atoms with van der Waals surface area (Å²) in [5.74, 6) is 1.72. The van der Waals surface area contributed by atoms with Crippen LogP contribution in [0.2, 0.25) is 0 Å². The van der Waals surface area contributed by atoms with E-state index < -0.39 is 5.41 Å². The van der Waals surface area contributed by atoms with Crippen LogP contribution in [0.4, 0.5) is 11.4 Å². The van der Waals surface area contributed by atoms with Crippen molar-refractivity contribution in [3.05, 3.63) is 257 Å². The van der Waals surface area contributed by atoms with Gasteiger partial charge in [-0.1, -0.05) is 146 Å². The van der Waals surface area contributed by atoms with Crippen LogP contribution in [0.1, 0.15) is 104 Å². The number of allylic oxidation sites excluding steroid dienone is 14. The molecule has 4 heteroatoms. The summed E-state index contributed by atoms with van der Waals surface area (Å²) in [4.78, 5) is 2.82. The van der Waals surface area contributed by atoms with Gasteiger partial charge in [0.25, 0.3) is 0 Å². The van der Waals surface area contributed by atoms with Gasteiger partial charge in [0.15, 0.2) is 0 Å². The van der Waals surface area contributed by atoms with Gasteiger partial charge in [-0.15, -0.1) is 0 Å². The molecule has 8 aromatic rings. The third kappa shape index (κ3) is 6.84. The van der Waals surface area contributed by atoms with Crippen molar-refractivity contribution in [2.75, 3.05) is 16.8 Å². The number of nitrogens with zero attached hydrogens (tertiary/aromatic N) is 3. The predicted octanol–water partition coefficient (Wildman–Crippen LogP) is 18.3. The molecular formula is C74H66N4. The van der Waals surface area contributed by atoms with E-state index in [-0.39, 0.29) is 5.92 Å². The molecule has 6 aromatic carbocycles. The summed E-state index contributed by atoms with van der Waals surface area (Å²) < 4.78 is 5.15. The fourth-order valence-corrected chi connectivity index (χ4v) is 16.3. The summed E-state index contributed by atoms with van der Waals surface area (Å²) in [5.41, 5.74) is 23.6. The van der Waals surface area contributed by atoms with Crippen LogP contribution < -0.4 is 10.2 Å². The molecule has 6 atom stereocenters. The molecule has 1 aliphatic heterocycles. The SMILES string of the molecule is C=C/C=C\CC1CN(c2ccc3c(c2)C2(C4=CC(n5c6c(c7ccccc75)CCC=C6)=CCC4c4ccc(NC5=CCCC=C5C5C=CCCC5)cc42)c2cc(-n4c5ccccc5c5ccccc54)ccc2-3)[C@@H]2CCC=CC12. The number of hydrogen-bond acceptors (Lipinski definition) is 2. The van der Waals surface area contributed by atoms with E-state index in [4.69, 9.17) is 0 Å². The van der Waals surface area contributed by atoms with Crippen molar-refractivity contribution >= 4 is 55.9 Å².